The SMILES string of the molecule is CC/C=C\C/C=C\C/C=C\C/C=C\CCCCCCC(=O)OC(COC(=O)CCCCCCCCCCCCCCCCCCCCCCCCCCCCC)COP(=O)(O)OCC[N+](C)(C)C. The van der Waals surface area contributed by atoms with Crippen LogP contribution in [0.2, 0.25) is 0 Å². The zero-order valence-electron chi connectivity index (χ0n) is 45.1. The molecule has 0 aromatic heterocycles. The lowest BCUT2D eigenvalue weighted by Crippen LogP contribution is -2.37. The number of phosphoric ester groups is 1. The van der Waals surface area contributed by atoms with E-state index in [1.807, 2.05) is 21.1 Å². The van der Waals surface area contributed by atoms with Crippen LogP contribution in [0.15, 0.2) is 48.6 Å². The topological polar surface area (TPSA) is 108 Å². The molecule has 0 spiro atoms. The molecule has 2 atom stereocenters. The maximum Gasteiger partial charge on any atom is 0.472 e. The van der Waals surface area contributed by atoms with Gasteiger partial charge in [-0.25, -0.2) is 4.57 Å². The fraction of sp³-hybridized carbons (Fsp3) is 0.828. The Labute approximate surface area is 420 Å². The van der Waals surface area contributed by atoms with Crippen molar-refractivity contribution in [2.24, 2.45) is 0 Å². The van der Waals surface area contributed by atoms with E-state index in [1.165, 1.54) is 154 Å². The van der Waals surface area contributed by atoms with Crippen molar-refractivity contribution in [1.82, 2.24) is 0 Å². The van der Waals surface area contributed by atoms with E-state index in [4.69, 9.17) is 18.5 Å². The van der Waals surface area contributed by atoms with E-state index >= 15 is 0 Å². The molecule has 398 valence electrons. The van der Waals surface area contributed by atoms with Crippen LogP contribution in [0.25, 0.3) is 0 Å². The monoisotopic (exact) mass is 979 g/mol. The van der Waals surface area contributed by atoms with Crippen LogP contribution in [0.1, 0.15) is 258 Å². The fourth-order valence-corrected chi connectivity index (χ4v) is 8.75. The zero-order valence-corrected chi connectivity index (χ0v) is 46.0. The van der Waals surface area contributed by atoms with Crippen molar-refractivity contribution in [3.63, 3.8) is 0 Å². The Morgan fingerprint density at radius 1 is 0.471 bits per heavy atom. The van der Waals surface area contributed by atoms with Gasteiger partial charge in [-0.1, -0.05) is 242 Å². The molecule has 0 saturated carbocycles. The summed E-state index contributed by atoms with van der Waals surface area (Å²) in [6.45, 7) is 4.32. The van der Waals surface area contributed by atoms with Crippen molar-refractivity contribution < 1.29 is 42.1 Å². The van der Waals surface area contributed by atoms with Crippen molar-refractivity contribution >= 4 is 19.8 Å². The molecule has 0 aliphatic rings. The lowest BCUT2D eigenvalue weighted by molar-refractivity contribution is -0.870. The Morgan fingerprint density at radius 2 is 0.838 bits per heavy atom. The highest BCUT2D eigenvalue weighted by atomic mass is 31.2. The van der Waals surface area contributed by atoms with Gasteiger partial charge < -0.3 is 18.9 Å². The summed E-state index contributed by atoms with van der Waals surface area (Å²) >= 11 is 0. The first-order chi connectivity index (χ1) is 33.0. The standard InChI is InChI=1S/C58H108NO8P/c1-6-8-10-12-14-16-18-20-22-24-25-26-27-28-29-30-31-32-33-35-36-38-40-42-44-46-48-50-57(60)64-54-56(55-66-68(62,63)65-53-52-59(3,4)5)67-58(61)51-49-47-45-43-41-39-37-34-23-21-19-17-15-13-11-9-7-2/h9,11,15,17,21,23,37,39,56H,6-8,10,12-14,16,18-20,22,24-36,38,40-55H2,1-5H3/p+1/b11-9-,17-15-,23-21-,39-37-. The lowest BCUT2D eigenvalue weighted by Gasteiger charge is -2.24. The van der Waals surface area contributed by atoms with Crippen LogP contribution in [0.3, 0.4) is 0 Å². The summed E-state index contributed by atoms with van der Waals surface area (Å²) in [7, 11) is 1.46. The second kappa shape index (κ2) is 49.9. The number of nitrogens with zero attached hydrogens (tertiary/aromatic N) is 1. The van der Waals surface area contributed by atoms with Gasteiger partial charge in [-0.15, -0.1) is 0 Å². The molecule has 0 aromatic carbocycles. The lowest BCUT2D eigenvalue weighted by atomic mass is 10.0. The zero-order chi connectivity index (χ0) is 49.9. The first-order valence-electron chi connectivity index (χ1n) is 28.4. The molecule has 0 aromatic rings. The van der Waals surface area contributed by atoms with Crippen molar-refractivity contribution in [1.29, 1.82) is 0 Å². The third kappa shape index (κ3) is 53.3. The van der Waals surface area contributed by atoms with Crippen LogP contribution < -0.4 is 0 Å². The molecular formula is C58H109NO8P+. The normalized spacial score (nSPS) is 13.7. The predicted octanol–water partition coefficient (Wildman–Crippen LogP) is 17.4. The smallest absolute Gasteiger partial charge is 0.462 e. The third-order valence-electron chi connectivity index (χ3n) is 12.4. The van der Waals surface area contributed by atoms with Crippen LogP contribution in [-0.4, -0.2) is 74.9 Å². The number of rotatable bonds is 52. The molecule has 68 heavy (non-hydrogen) atoms. The van der Waals surface area contributed by atoms with Gasteiger partial charge in [0.05, 0.1) is 27.7 Å². The van der Waals surface area contributed by atoms with Crippen LogP contribution in [0.4, 0.5) is 0 Å². The van der Waals surface area contributed by atoms with Gasteiger partial charge in [-0.3, -0.25) is 18.6 Å². The van der Waals surface area contributed by atoms with E-state index in [0.717, 1.165) is 70.6 Å². The highest BCUT2D eigenvalue weighted by molar-refractivity contribution is 7.47. The molecule has 9 nitrogen and oxygen atoms in total. The van der Waals surface area contributed by atoms with Gasteiger partial charge in [0.1, 0.15) is 19.8 Å². The average Bonchev–Trinajstić information content (AvgIpc) is 3.30. The van der Waals surface area contributed by atoms with Crippen molar-refractivity contribution in [3.8, 4) is 0 Å². The highest BCUT2D eigenvalue weighted by Crippen LogP contribution is 2.43. The first-order valence-corrected chi connectivity index (χ1v) is 29.9. The maximum atomic E-state index is 12.8. The molecule has 0 aliphatic heterocycles. The summed E-state index contributed by atoms with van der Waals surface area (Å²) in [5.74, 6) is -0.817. The highest BCUT2D eigenvalue weighted by Gasteiger charge is 2.27. The number of ether oxygens (including phenoxy) is 2. The number of carbonyl (C=O) groups excluding carboxylic acids is 2. The first kappa shape index (κ1) is 66.0. The Balaban J connectivity index is 4.12. The number of hydrogen-bond acceptors (Lipinski definition) is 7. The number of hydrogen-bond donors (Lipinski definition) is 1. The number of unbranched alkanes of at least 4 members (excludes halogenated alkanes) is 30. The van der Waals surface area contributed by atoms with Gasteiger partial charge in [-0.2, -0.15) is 0 Å². The molecule has 0 radical (unpaired) electrons. The summed E-state index contributed by atoms with van der Waals surface area (Å²) in [6.07, 6.45) is 61.9. The molecule has 2 unspecified atom stereocenters. The fourth-order valence-electron chi connectivity index (χ4n) is 8.01. The number of esters is 2. The number of phosphoric acid groups is 1. The number of allylic oxidation sites excluding steroid dienone is 8. The molecule has 0 heterocycles. The van der Waals surface area contributed by atoms with Crippen molar-refractivity contribution in [2.45, 2.75) is 264 Å². The molecule has 0 fully saturated rings. The molecular weight excluding hydrogens is 870 g/mol. The molecule has 10 heteroatoms. The van der Waals surface area contributed by atoms with Crippen LogP contribution in [-0.2, 0) is 32.7 Å². The third-order valence-corrected chi connectivity index (χ3v) is 13.4. The largest absolute Gasteiger partial charge is 0.472 e. The minimum Gasteiger partial charge on any atom is -0.462 e. The summed E-state index contributed by atoms with van der Waals surface area (Å²) in [5.41, 5.74) is 0. The van der Waals surface area contributed by atoms with Gasteiger partial charge >= 0.3 is 19.8 Å². The number of quaternary nitrogens is 1. The quantitative estimate of drug-likeness (QED) is 0.0211. The molecule has 1 N–H and O–H groups in total. The molecule has 0 aliphatic carbocycles. The van der Waals surface area contributed by atoms with E-state index in [2.05, 4.69) is 62.5 Å². The Kier molecular flexibility index (Phi) is 48.4. The van der Waals surface area contributed by atoms with Gasteiger partial charge in [0.25, 0.3) is 0 Å². The van der Waals surface area contributed by atoms with E-state index in [-0.39, 0.29) is 32.0 Å². The summed E-state index contributed by atoms with van der Waals surface area (Å²) in [5, 5.41) is 0. The van der Waals surface area contributed by atoms with E-state index in [1.54, 1.807) is 0 Å². The van der Waals surface area contributed by atoms with Crippen molar-refractivity contribution in [2.75, 3.05) is 47.5 Å². The number of carbonyl (C=O) groups is 2. The van der Waals surface area contributed by atoms with Gasteiger partial charge in [0, 0.05) is 12.8 Å². The van der Waals surface area contributed by atoms with E-state index < -0.39 is 26.5 Å². The van der Waals surface area contributed by atoms with E-state index in [9.17, 15) is 19.0 Å². The van der Waals surface area contributed by atoms with Crippen molar-refractivity contribution in [3.05, 3.63) is 48.6 Å². The van der Waals surface area contributed by atoms with Gasteiger partial charge in [0.15, 0.2) is 6.10 Å². The molecule has 0 saturated heterocycles. The summed E-state index contributed by atoms with van der Waals surface area (Å²) in [6, 6.07) is 0. The average molecular weight is 979 g/mol. The predicted molar refractivity (Wildman–Crippen MR) is 289 cm³/mol. The van der Waals surface area contributed by atoms with Crippen LogP contribution >= 0.6 is 7.82 Å². The van der Waals surface area contributed by atoms with E-state index in [0.29, 0.717) is 17.4 Å². The number of likely N-dealkylation sites (N-methyl/N-ethyl adjacent to an activating group) is 1. The summed E-state index contributed by atoms with van der Waals surface area (Å²) < 4.78 is 34.5. The molecule has 0 bridgehead atoms. The Hall–Kier alpha value is -2.03. The van der Waals surface area contributed by atoms with Gasteiger partial charge in [0.2, 0.25) is 0 Å². The second-order valence-electron chi connectivity index (χ2n) is 20.3. The molecule has 0 amide bonds. The Morgan fingerprint density at radius 3 is 1.25 bits per heavy atom. The van der Waals surface area contributed by atoms with Crippen LogP contribution in [0, 0.1) is 0 Å². The second-order valence-corrected chi connectivity index (χ2v) is 21.8. The summed E-state index contributed by atoms with van der Waals surface area (Å²) in [4.78, 5) is 35.6. The molecule has 0 rings (SSSR count). The Bertz CT molecular complexity index is 1290. The minimum absolute atomic E-state index is 0.0264. The maximum absolute atomic E-state index is 12.8. The van der Waals surface area contributed by atoms with Gasteiger partial charge in [-0.05, 0) is 51.4 Å². The minimum atomic E-state index is -4.39. The van der Waals surface area contributed by atoms with Crippen LogP contribution in [0.5, 0.6) is 0 Å².